The summed E-state index contributed by atoms with van der Waals surface area (Å²) >= 11 is 0. The Bertz CT molecular complexity index is 1060. The molecule has 0 saturated carbocycles. The maximum Gasteiger partial charge on any atom is 0.387 e. The van der Waals surface area contributed by atoms with E-state index in [1.54, 1.807) is 12.1 Å². The third-order valence-electron chi connectivity index (χ3n) is 5.12. The molecule has 1 atom stereocenters. The lowest BCUT2D eigenvalue weighted by atomic mass is 9.92. The number of hydrogen-bond acceptors (Lipinski definition) is 6. The van der Waals surface area contributed by atoms with Crippen molar-refractivity contribution in [1.29, 1.82) is 0 Å². The zero-order valence-corrected chi connectivity index (χ0v) is 17.4. The minimum Gasteiger partial charge on any atom is -0.435 e. The average molecular weight is 462 g/mol. The molecule has 1 aliphatic rings. The van der Waals surface area contributed by atoms with Crippen LogP contribution in [0.15, 0.2) is 48.5 Å². The zero-order valence-electron chi connectivity index (χ0n) is 17.4. The second-order valence-electron chi connectivity index (χ2n) is 7.37. The molecule has 0 aliphatic carbocycles. The first-order valence-corrected chi connectivity index (χ1v) is 9.79. The number of hydrogen-bond donors (Lipinski definition) is 2. The average Bonchev–Trinajstić information content (AvgIpc) is 2.98. The van der Waals surface area contributed by atoms with E-state index in [1.165, 1.54) is 43.3 Å². The van der Waals surface area contributed by atoms with Gasteiger partial charge in [-0.15, -0.1) is 0 Å². The Kier molecular flexibility index (Phi) is 6.85. The Morgan fingerprint density at radius 3 is 2.39 bits per heavy atom. The monoisotopic (exact) mass is 462 g/mol. The molecule has 0 radical (unpaired) electrons. The standard InChI is InChI=1S/C21H20F2N4O6/c1-21(14-4-6-15(7-5-14)27(31)32)18(29)26(20(30)25-21)12-17(28)24-11-10-13-2-8-16(9-3-13)33-19(22)23/h2-9,19H,10-12H2,1H3,(H,24,28)(H,25,30). The first-order chi connectivity index (χ1) is 15.6. The van der Waals surface area contributed by atoms with Crippen LogP contribution in [0.1, 0.15) is 18.1 Å². The molecule has 3 rings (SSSR count). The molecule has 174 valence electrons. The summed E-state index contributed by atoms with van der Waals surface area (Å²) in [6.45, 7) is -1.78. The molecular weight excluding hydrogens is 442 g/mol. The molecule has 1 unspecified atom stereocenters. The lowest BCUT2D eigenvalue weighted by molar-refractivity contribution is -0.384. The van der Waals surface area contributed by atoms with Crippen molar-refractivity contribution in [1.82, 2.24) is 15.5 Å². The molecule has 0 bridgehead atoms. The molecule has 1 heterocycles. The van der Waals surface area contributed by atoms with Crippen LogP contribution in [-0.2, 0) is 21.5 Å². The van der Waals surface area contributed by atoms with Gasteiger partial charge in [-0.25, -0.2) is 4.79 Å². The summed E-state index contributed by atoms with van der Waals surface area (Å²) in [5.41, 5.74) is -0.521. The number of non-ortho nitro benzene ring substituents is 1. The van der Waals surface area contributed by atoms with Crippen molar-refractivity contribution in [2.24, 2.45) is 0 Å². The van der Waals surface area contributed by atoms with Crippen LogP contribution in [0, 0.1) is 10.1 Å². The van der Waals surface area contributed by atoms with E-state index < -0.39 is 41.5 Å². The molecule has 4 amide bonds. The largest absolute Gasteiger partial charge is 0.435 e. The summed E-state index contributed by atoms with van der Waals surface area (Å²) in [6.07, 6.45) is 0.390. The number of benzene rings is 2. The molecule has 2 N–H and O–H groups in total. The van der Waals surface area contributed by atoms with Crippen LogP contribution in [0.25, 0.3) is 0 Å². The molecule has 1 saturated heterocycles. The summed E-state index contributed by atoms with van der Waals surface area (Å²) in [4.78, 5) is 48.5. The van der Waals surface area contributed by atoms with Crippen LogP contribution < -0.4 is 15.4 Å². The van der Waals surface area contributed by atoms with Crippen molar-refractivity contribution in [3.05, 3.63) is 69.8 Å². The van der Waals surface area contributed by atoms with Crippen LogP contribution in [0.2, 0.25) is 0 Å². The van der Waals surface area contributed by atoms with Crippen molar-refractivity contribution >= 4 is 23.5 Å². The van der Waals surface area contributed by atoms with Gasteiger partial charge in [-0.2, -0.15) is 8.78 Å². The number of nitro groups is 1. The van der Waals surface area contributed by atoms with Crippen LogP contribution >= 0.6 is 0 Å². The number of amides is 4. The molecular formula is C21H20F2N4O6. The van der Waals surface area contributed by atoms with E-state index >= 15 is 0 Å². The Morgan fingerprint density at radius 1 is 1.18 bits per heavy atom. The fourth-order valence-corrected chi connectivity index (χ4v) is 3.34. The Labute approximate surface area is 186 Å². The highest BCUT2D eigenvalue weighted by molar-refractivity contribution is 6.09. The van der Waals surface area contributed by atoms with Crippen LogP contribution in [0.5, 0.6) is 5.75 Å². The fraction of sp³-hybridized carbons (Fsp3) is 0.286. The summed E-state index contributed by atoms with van der Waals surface area (Å²) in [5.74, 6) is -1.21. The van der Waals surface area contributed by atoms with Gasteiger partial charge in [-0.05, 0) is 48.7 Å². The van der Waals surface area contributed by atoms with E-state index in [-0.39, 0.29) is 18.0 Å². The van der Waals surface area contributed by atoms with Crippen LogP contribution in [0.3, 0.4) is 0 Å². The van der Waals surface area contributed by atoms with Crippen molar-refractivity contribution in [2.45, 2.75) is 25.5 Å². The van der Waals surface area contributed by atoms with Gasteiger partial charge in [0, 0.05) is 18.7 Å². The third-order valence-corrected chi connectivity index (χ3v) is 5.12. The molecule has 2 aromatic rings. The number of alkyl halides is 2. The molecule has 1 fully saturated rings. The predicted molar refractivity (Wildman–Crippen MR) is 110 cm³/mol. The topological polar surface area (TPSA) is 131 Å². The third kappa shape index (κ3) is 5.40. The van der Waals surface area contributed by atoms with Crippen molar-refractivity contribution < 1.29 is 32.8 Å². The quantitative estimate of drug-likeness (QED) is 0.334. The van der Waals surface area contributed by atoms with Gasteiger partial charge in [-0.3, -0.25) is 24.6 Å². The van der Waals surface area contributed by atoms with Gasteiger partial charge in [0.05, 0.1) is 4.92 Å². The fourth-order valence-electron chi connectivity index (χ4n) is 3.34. The number of imide groups is 1. The van der Waals surface area contributed by atoms with Gasteiger partial charge >= 0.3 is 12.6 Å². The van der Waals surface area contributed by atoms with Gasteiger partial charge in [-0.1, -0.05) is 12.1 Å². The number of carbonyl (C=O) groups is 3. The maximum atomic E-state index is 12.9. The molecule has 33 heavy (non-hydrogen) atoms. The second kappa shape index (κ2) is 9.59. The highest BCUT2D eigenvalue weighted by atomic mass is 19.3. The van der Waals surface area contributed by atoms with E-state index in [0.717, 1.165) is 10.5 Å². The van der Waals surface area contributed by atoms with Gasteiger partial charge in [0.1, 0.15) is 17.8 Å². The number of rotatable bonds is 9. The van der Waals surface area contributed by atoms with E-state index in [2.05, 4.69) is 15.4 Å². The summed E-state index contributed by atoms with van der Waals surface area (Å²) in [6, 6.07) is 10.4. The summed E-state index contributed by atoms with van der Waals surface area (Å²) in [7, 11) is 0. The molecule has 1 aliphatic heterocycles. The number of nitrogens with one attached hydrogen (secondary N) is 2. The van der Waals surface area contributed by atoms with Crippen LogP contribution in [-0.4, -0.2) is 47.4 Å². The van der Waals surface area contributed by atoms with Gasteiger partial charge in [0.25, 0.3) is 11.6 Å². The SMILES string of the molecule is CC1(c2ccc([N+](=O)[O-])cc2)NC(=O)N(CC(=O)NCCc2ccc(OC(F)F)cc2)C1=O. The van der Waals surface area contributed by atoms with Crippen molar-refractivity contribution in [3.63, 3.8) is 0 Å². The summed E-state index contributed by atoms with van der Waals surface area (Å²) in [5, 5.41) is 15.9. The smallest absolute Gasteiger partial charge is 0.387 e. The van der Waals surface area contributed by atoms with Crippen molar-refractivity contribution in [3.8, 4) is 5.75 Å². The molecule has 2 aromatic carbocycles. The maximum absolute atomic E-state index is 12.9. The lowest BCUT2D eigenvalue weighted by Gasteiger charge is -2.22. The van der Waals surface area contributed by atoms with E-state index in [9.17, 15) is 33.3 Å². The number of halogens is 2. The van der Waals surface area contributed by atoms with E-state index in [1.807, 2.05) is 0 Å². The first-order valence-electron chi connectivity index (χ1n) is 9.79. The van der Waals surface area contributed by atoms with Crippen molar-refractivity contribution in [2.75, 3.05) is 13.1 Å². The number of ether oxygens (including phenoxy) is 1. The molecule has 0 aromatic heterocycles. The number of nitrogens with zero attached hydrogens (tertiary/aromatic N) is 2. The molecule has 12 heteroatoms. The minimum absolute atomic E-state index is 0.0208. The Hall–Kier alpha value is -4.09. The molecule has 10 nitrogen and oxygen atoms in total. The highest BCUT2D eigenvalue weighted by Gasteiger charge is 2.49. The Morgan fingerprint density at radius 2 is 1.82 bits per heavy atom. The van der Waals surface area contributed by atoms with Crippen LogP contribution in [0.4, 0.5) is 19.3 Å². The second-order valence-corrected chi connectivity index (χ2v) is 7.37. The number of nitro benzene ring substituents is 1. The first kappa shape index (κ1) is 23.6. The van der Waals surface area contributed by atoms with E-state index in [4.69, 9.17) is 0 Å². The predicted octanol–water partition coefficient (Wildman–Crippen LogP) is 2.32. The normalized spacial score (nSPS) is 17.8. The number of carbonyl (C=O) groups excluding carboxylic acids is 3. The lowest BCUT2D eigenvalue weighted by Crippen LogP contribution is -2.43. The Balaban J connectivity index is 1.54. The van der Waals surface area contributed by atoms with Gasteiger partial charge < -0.3 is 15.4 Å². The summed E-state index contributed by atoms with van der Waals surface area (Å²) < 4.78 is 28.6. The number of urea groups is 1. The van der Waals surface area contributed by atoms with Gasteiger partial charge in [0.2, 0.25) is 5.91 Å². The van der Waals surface area contributed by atoms with Gasteiger partial charge in [0.15, 0.2) is 0 Å². The van der Waals surface area contributed by atoms with E-state index in [0.29, 0.717) is 12.0 Å². The zero-order chi connectivity index (χ0) is 24.2. The highest BCUT2D eigenvalue weighted by Crippen LogP contribution is 2.29. The minimum atomic E-state index is -2.91. The molecule has 0 spiro atoms.